The fraction of sp³-hybridized carbons (Fsp3) is 0.250. The summed E-state index contributed by atoms with van der Waals surface area (Å²) in [5.74, 6) is -1.42. The Hall–Kier alpha value is -3.03. The van der Waals surface area contributed by atoms with Gasteiger partial charge in [0, 0.05) is 18.8 Å². The van der Waals surface area contributed by atoms with Crippen LogP contribution in [0.1, 0.15) is 22.3 Å². The maximum Gasteiger partial charge on any atom is 0.347 e. The summed E-state index contributed by atoms with van der Waals surface area (Å²) in [5, 5.41) is 0. The number of carbonyl (C=O) groups is 2. The van der Waals surface area contributed by atoms with Crippen LogP contribution in [0, 0.1) is 5.82 Å². The van der Waals surface area contributed by atoms with Crippen LogP contribution in [0.2, 0.25) is 0 Å². The molecule has 2 heterocycles. The summed E-state index contributed by atoms with van der Waals surface area (Å²) in [7, 11) is 0. The molecule has 1 unspecified atom stereocenters. The number of hydrogen-bond acceptors (Lipinski definition) is 6. The van der Waals surface area contributed by atoms with E-state index < -0.39 is 23.6 Å². The van der Waals surface area contributed by atoms with Gasteiger partial charge < -0.3 is 14.5 Å². The molecule has 0 saturated heterocycles. The van der Waals surface area contributed by atoms with Crippen LogP contribution in [0.4, 0.5) is 4.39 Å². The van der Waals surface area contributed by atoms with E-state index in [9.17, 15) is 18.8 Å². The summed E-state index contributed by atoms with van der Waals surface area (Å²) in [6.07, 6.45) is 1.98. The van der Waals surface area contributed by atoms with Gasteiger partial charge in [-0.1, -0.05) is 0 Å². The predicted molar refractivity (Wildman–Crippen MR) is 79.3 cm³/mol. The van der Waals surface area contributed by atoms with Gasteiger partial charge in [0.1, 0.15) is 11.6 Å². The first kappa shape index (κ1) is 15.9. The van der Waals surface area contributed by atoms with Gasteiger partial charge in [0.2, 0.25) is 6.10 Å². The molecule has 0 bridgehead atoms. The van der Waals surface area contributed by atoms with Crippen molar-refractivity contribution in [3.8, 4) is 5.75 Å². The molecule has 24 heavy (non-hydrogen) atoms. The molecule has 3 rings (SSSR count). The van der Waals surface area contributed by atoms with Crippen molar-refractivity contribution < 1.29 is 23.5 Å². The summed E-state index contributed by atoms with van der Waals surface area (Å²) in [6, 6.07) is 3.55. The van der Waals surface area contributed by atoms with Crippen molar-refractivity contribution >= 4 is 11.8 Å². The molecule has 0 fully saturated rings. The Morgan fingerprint density at radius 3 is 3.00 bits per heavy atom. The van der Waals surface area contributed by atoms with Gasteiger partial charge in [0.25, 0.3) is 0 Å². The van der Waals surface area contributed by atoms with E-state index in [4.69, 9.17) is 9.47 Å². The lowest BCUT2D eigenvalue weighted by Crippen LogP contribution is -2.35. The first-order chi connectivity index (χ1) is 11.5. The average Bonchev–Trinajstić information content (AvgIpc) is 2.57. The van der Waals surface area contributed by atoms with E-state index in [0.717, 1.165) is 12.1 Å². The van der Waals surface area contributed by atoms with E-state index in [1.165, 1.54) is 18.5 Å². The second-order valence-corrected chi connectivity index (χ2v) is 5.22. The summed E-state index contributed by atoms with van der Waals surface area (Å²) in [5.41, 5.74) is 0.363. The molecule has 124 valence electrons. The largest absolute Gasteiger partial charge is 0.477 e. The van der Waals surface area contributed by atoms with Crippen LogP contribution in [0.15, 0.2) is 35.4 Å². The van der Waals surface area contributed by atoms with Gasteiger partial charge in [-0.15, -0.1) is 0 Å². The third-order valence-electron chi connectivity index (χ3n) is 3.51. The molecular formula is C16H13FN2O5. The molecule has 1 aliphatic heterocycles. The fourth-order valence-electron chi connectivity index (χ4n) is 2.30. The van der Waals surface area contributed by atoms with Gasteiger partial charge >= 0.3 is 11.7 Å². The van der Waals surface area contributed by atoms with Crippen LogP contribution in [0.5, 0.6) is 5.75 Å². The van der Waals surface area contributed by atoms with Crippen LogP contribution in [0.3, 0.4) is 0 Å². The smallest absolute Gasteiger partial charge is 0.347 e. The maximum atomic E-state index is 13.1. The number of rotatable bonds is 4. The first-order valence-electron chi connectivity index (χ1n) is 7.22. The minimum Gasteiger partial charge on any atom is -0.477 e. The second-order valence-electron chi connectivity index (χ2n) is 5.22. The molecule has 7 nitrogen and oxygen atoms in total. The number of fused-ring (bicyclic) bond motifs is 1. The van der Waals surface area contributed by atoms with Crippen LogP contribution < -0.4 is 10.4 Å². The number of aromatic amines is 1. The highest BCUT2D eigenvalue weighted by Gasteiger charge is 2.32. The number of esters is 1. The molecule has 1 atom stereocenters. The van der Waals surface area contributed by atoms with Crippen LogP contribution in [0.25, 0.3) is 0 Å². The first-order valence-corrected chi connectivity index (χ1v) is 7.22. The van der Waals surface area contributed by atoms with Gasteiger partial charge in [0.05, 0.1) is 18.6 Å². The van der Waals surface area contributed by atoms with Crippen molar-refractivity contribution in [3.63, 3.8) is 0 Å². The molecule has 1 aromatic carbocycles. The van der Waals surface area contributed by atoms with E-state index in [1.54, 1.807) is 0 Å². The predicted octanol–water partition coefficient (Wildman–Crippen LogP) is 1.03. The van der Waals surface area contributed by atoms with Crippen molar-refractivity contribution in [2.24, 2.45) is 0 Å². The Morgan fingerprint density at radius 1 is 1.42 bits per heavy atom. The van der Waals surface area contributed by atoms with E-state index in [0.29, 0.717) is 12.0 Å². The number of nitrogens with one attached hydrogen (secondary N) is 1. The SMILES string of the molecule is O=C1CC(C(=O)OCCc2cnc(=O)[nH]c2)Oc2ccc(F)cc21. The van der Waals surface area contributed by atoms with E-state index >= 15 is 0 Å². The zero-order valence-electron chi connectivity index (χ0n) is 12.5. The van der Waals surface area contributed by atoms with Crippen LogP contribution >= 0.6 is 0 Å². The lowest BCUT2D eigenvalue weighted by atomic mass is 10.0. The number of nitrogens with zero attached hydrogens (tertiary/aromatic N) is 1. The number of ketones is 1. The molecule has 0 spiro atoms. The number of hydrogen-bond donors (Lipinski definition) is 1. The van der Waals surface area contributed by atoms with E-state index in [1.807, 2.05) is 0 Å². The normalized spacial score (nSPS) is 16.2. The highest BCUT2D eigenvalue weighted by molar-refractivity contribution is 6.02. The highest BCUT2D eigenvalue weighted by atomic mass is 19.1. The molecule has 1 N–H and O–H groups in total. The zero-order chi connectivity index (χ0) is 17.1. The van der Waals surface area contributed by atoms with Crippen LogP contribution in [-0.2, 0) is 16.0 Å². The minimum atomic E-state index is -1.05. The van der Waals surface area contributed by atoms with Crippen molar-refractivity contribution in [1.82, 2.24) is 9.97 Å². The van der Waals surface area contributed by atoms with Gasteiger partial charge in [-0.3, -0.25) is 4.79 Å². The third kappa shape index (κ3) is 3.48. The minimum absolute atomic E-state index is 0.0525. The van der Waals surface area contributed by atoms with Gasteiger partial charge in [-0.25, -0.2) is 19.0 Å². The number of carbonyl (C=O) groups excluding carboxylic acids is 2. The summed E-state index contributed by atoms with van der Waals surface area (Å²) in [6.45, 7) is 0.0525. The monoisotopic (exact) mass is 332 g/mol. The molecule has 1 aliphatic rings. The standard InChI is InChI=1S/C16H13FN2O5/c17-10-1-2-13-11(5-10)12(20)6-14(24-13)15(21)23-4-3-9-7-18-16(22)19-8-9/h1-2,5,7-8,14H,3-4,6H2,(H,18,19,22). The Labute approximate surface area is 135 Å². The highest BCUT2D eigenvalue weighted by Crippen LogP contribution is 2.28. The zero-order valence-corrected chi connectivity index (χ0v) is 12.5. The molecule has 0 saturated carbocycles. The molecule has 0 aliphatic carbocycles. The van der Waals surface area contributed by atoms with Crippen molar-refractivity contribution in [2.45, 2.75) is 18.9 Å². The number of Topliss-reactive ketones (excluding diaryl/α,β-unsaturated/α-hetero) is 1. The molecular weight excluding hydrogens is 319 g/mol. The van der Waals surface area contributed by atoms with Crippen molar-refractivity contribution in [1.29, 1.82) is 0 Å². The molecule has 1 aromatic heterocycles. The molecule has 8 heteroatoms. The second kappa shape index (κ2) is 6.61. The molecule has 0 radical (unpaired) electrons. The topological polar surface area (TPSA) is 98.4 Å². The van der Waals surface area contributed by atoms with Gasteiger partial charge in [-0.2, -0.15) is 0 Å². The number of halogens is 1. The van der Waals surface area contributed by atoms with Crippen molar-refractivity contribution in [2.75, 3.05) is 6.61 Å². The Kier molecular flexibility index (Phi) is 4.37. The van der Waals surface area contributed by atoms with Gasteiger partial charge in [0.15, 0.2) is 5.78 Å². The molecule has 0 amide bonds. The van der Waals surface area contributed by atoms with E-state index in [2.05, 4.69) is 9.97 Å². The summed E-state index contributed by atoms with van der Waals surface area (Å²) in [4.78, 5) is 40.8. The summed E-state index contributed by atoms with van der Waals surface area (Å²) < 4.78 is 23.7. The third-order valence-corrected chi connectivity index (χ3v) is 3.51. The Balaban J connectivity index is 1.58. The Morgan fingerprint density at radius 2 is 2.25 bits per heavy atom. The number of ether oxygens (including phenoxy) is 2. The fourth-order valence-corrected chi connectivity index (χ4v) is 2.30. The lowest BCUT2D eigenvalue weighted by molar-refractivity contribution is -0.152. The van der Waals surface area contributed by atoms with E-state index in [-0.39, 0.29) is 30.1 Å². The van der Waals surface area contributed by atoms with Crippen molar-refractivity contribution in [3.05, 3.63) is 58.0 Å². The lowest BCUT2D eigenvalue weighted by Gasteiger charge is -2.23. The summed E-state index contributed by atoms with van der Waals surface area (Å²) >= 11 is 0. The maximum absolute atomic E-state index is 13.1. The molecule has 2 aromatic rings. The quantitative estimate of drug-likeness (QED) is 0.840. The number of aromatic nitrogens is 2. The Bertz CT molecular complexity index is 828. The van der Waals surface area contributed by atoms with Crippen LogP contribution in [-0.4, -0.2) is 34.4 Å². The number of H-pyrrole nitrogens is 1. The number of benzene rings is 1. The van der Waals surface area contributed by atoms with Gasteiger partial charge in [-0.05, 0) is 23.8 Å². The average molecular weight is 332 g/mol.